The Morgan fingerprint density at radius 1 is 1.12 bits per heavy atom. The number of hydrogen-bond donors (Lipinski definition) is 2. The second-order valence-corrected chi connectivity index (χ2v) is 7.21. The molecule has 1 aromatic carbocycles. The van der Waals surface area contributed by atoms with Gasteiger partial charge in [-0.1, -0.05) is 26.0 Å². The lowest BCUT2D eigenvalue weighted by Crippen LogP contribution is -2.41. The average molecular weight is 474 g/mol. The molecular formula is C20H35IN4O. The van der Waals surface area contributed by atoms with Gasteiger partial charge in [0.15, 0.2) is 5.96 Å². The minimum atomic E-state index is 0. The lowest BCUT2D eigenvalue weighted by Gasteiger charge is -2.29. The van der Waals surface area contributed by atoms with E-state index in [1.165, 1.54) is 17.7 Å². The Hall–Kier alpha value is -1.02. The van der Waals surface area contributed by atoms with Crippen molar-refractivity contribution in [3.05, 3.63) is 29.8 Å². The lowest BCUT2D eigenvalue weighted by molar-refractivity contribution is 0.122. The number of ether oxygens (including phenoxy) is 1. The third kappa shape index (κ3) is 8.12. The van der Waals surface area contributed by atoms with Crippen molar-refractivity contribution in [3.8, 4) is 0 Å². The standard InChI is InChI=1S/C20H34N4O.HI/c1-16(2)5-6-17(3)23-20(21-4)22-15-18-7-9-19(10-8-18)24-11-13-25-14-12-24;/h7-10,16-17H,5-6,11-15H2,1-4H3,(H2,21,22,23);1H. The third-order valence-electron chi connectivity index (χ3n) is 4.56. The molecule has 0 aromatic heterocycles. The second-order valence-electron chi connectivity index (χ2n) is 7.21. The highest BCUT2D eigenvalue weighted by Gasteiger charge is 2.11. The summed E-state index contributed by atoms with van der Waals surface area (Å²) in [6, 6.07) is 9.20. The zero-order valence-electron chi connectivity index (χ0n) is 16.6. The second kappa shape index (κ2) is 12.4. The zero-order valence-corrected chi connectivity index (χ0v) is 19.0. The van der Waals surface area contributed by atoms with E-state index in [9.17, 15) is 0 Å². The van der Waals surface area contributed by atoms with Gasteiger partial charge in [-0.15, -0.1) is 24.0 Å². The molecule has 1 saturated heterocycles. The van der Waals surface area contributed by atoms with Gasteiger partial charge in [-0.05, 0) is 43.4 Å². The highest BCUT2D eigenvalue weighted by Crippen LogP contribution is 2.16. The van der Waals surface area contributed by atoms with Crippen molar-refractivity contribution in [1.29, 1.82) is 0 Å². The summed E-state index contributed by atoms with van der Waals surface area (Å²) in [7, 11) is 1.83. The van der Waals surface area contributed by atoms with E-state index in [0.717, 1.165) is 51.1 Å². The van der Waals surface area contributed by atoms with E-state index >= 15 is 0 Å². The molecule has 0 amide bonds. The Morgan fingerprint density at radius 3 is 2.35 bits per heavy atom. The van der Waals surface area contributed by atoms with E-state index in [1.54, 1.807) is 0 Å². The quantitative estimate of drug-likeness (QED) is 0.360. The normalized spacial score (nSPS) is 16.2. The van der Waals surface area contributed by atoms with Crippen LogP contribution in [-0.4, -0.2) is 45.4 Å². The molecule has 1 aliphatic rings. The van der Waals surface area contributed by atoms with Gasteiger partial charge in [-0.3, -0.25) is 4.99 Å². The number of rotatable bonds is 7. The van der Waals surface area contributed by atoms with Gasteiger partial charge < -0.3 is 20.3 Å². The number of nitrogens with one attached hydrogen (secondary N) is 2. The summed E-state index contributed by atoms with van der Waals surface area (Å²) in [5, 5.41) is 6.88. The largest absolute Gasteiger partial charge is 0.378 e. The highest BCUT2D eigenvalue weighted by atomic mass is 127. The number of anilines is 1. The van der Waals surface area contributed by atoms with Crippen LogP contribution in [0.5, 0.6) is 0 Å². The maximum absolute atomic E-state index is 5.41. The first-order valence-electron chi connectivity index (χ1n) is 9.47. The van der Waals surface area contributed by atoms with Gasteiger partial charge >= 0.3 is 0 Å². The number of guanidine groups is 1. The van der Waals surface area contributed by atoms with Crippen LogP contribution in [0.2, 0.25) is 0 Å². The van der Waals surface area contributed by atoms with Crippen LogP contribution < -0.4 is 15.5 Å². The van der Waals surface area contributed by atoms with Gasteiger partial charge in [0.1, 0.15) is 0 Å². The Bertz CT molecular complexity index is 527. The molecule has 1 heterocycles. The molecule has 1 aliphatic heterocycles. The fourth-order valence-corrected chi connectivity index (χ4v) is 2.92. The first-order chi connectivity index (χ1) is 12.1. The fraction of sp³-hybridized carbons (Fsp3) is 0.650. The number of hydrogen-bond acceptors (Lipinski definition) is 3. The fourth-order valence-electron chi connectivity index (χ4n) is 2.92. The van der Waals surface area contributed by atoms with E-state index < -0.39 is 0 Å². The van der Waals surface area contributed by atoms with Crippen molar-refractivity contribution in [1.82, 2.24) is 10.6 Å². The minimum Gasteiger partial charge on any atom is -0.378 e. The lowest BCUT2D eigenvalue weighted by atomic mass is 10.0. The summed E-state index contributed by atoms with van der Waals surface area (Å²) in [4.78, 5) is 6.71. The molecule has 148 valence electrons. The molecule has 2 rings (SSSR count). The van der Waals surface area contributed by atoms with E-state index in [4.69, 9.17) is 4.74 Å². The zero-order chi connectivity index (χ0) is 18.1. The maximum atomic E-state index is 5.41. The predicted molar refractivity (Wildman–Crippen MR) is 122 cm³/mol. The number of morpholine rings is 1. The number of aliphatic imine (C=N–C) groups is 1. The Kier molecular flexibility index (Phi) is 11.0. The van der Waals surface area contributed by atoms with Crippen molar-refractivity contribution in [3.63, 3.8) is 0 Å². The molecule has 1 unspecified atom stereocenters. The third-order valence-corrected chi connectivity index (χ3v) is 4.56. The van der Waals surface area contributed by atoms with E-state index in [-0.39, 0.29) is 24.0 Å². The van der Waals surface area contributed by atoms with Crippen LogP contribution in [0.3, 0.4) is 0 Å². The van der Waals surface area contributed by atoms with Gasteiger partial charge in [0.05, 0.1) is 13.2 Å². The van der Waals surface area contributed by atoms with Gasteiger partial charge in [0.25, 0.3) is 0 Å². The van der Waals surface area contributed by atoms with E-state index in [2.05, 4.69) is 65.6 Å². The maximum Gasteiger partial charge on any atom is 0.191 e. The SMILES string of the molecule is CN=C(NCc1ccc(N2CCOCC2)cc1)NC(C)CCC(C)C.I. The number of halogens is 1. The molecule has 2 N–H and O–H groups in total. The van der Waals surface area contributed by atoms with Crippen LogP contribution in [0.15, 0.2) is 29.3 Å². The Balaban J connectivity index is 0.00000338. The Labute approximate surface area is 176 Å². The summed E-state index contributed by atoms with van der Waals surface area (Å²) >= 11 is 0. The topological polar surface area (TPSA) is 48.9 Å². The summed E-state index contributed by atoms with van der Waals surface area (Å²) < 4.78 is 5.41. The van der Waals surface area contributed by atoms with Crippen molar-refractivity contribution in [2.45, 2.75) is 46.2 Å². The van der Waals surface area contributed by atoms with Gasteiger partial charge in [-0.2, -0.15) is 0 Å². The summed E-state index contributed by atoms with van der Waals surface area (Å²) in [6.45, 7) is 11.1. The van der Waals surface area contributed by atoms with Crippen molar-refractivity contribution >= 4 is 35.6 Å². The molecular weight excluding hydrogens is 439 g/mol. The summed E-state index contributed by atoms with van der Waals surface area (Å²) in [5.74, 6) is 1.61. The molecule has 0 spiro atoms. The average Bonchev–Trinajstić information content (AvgIpc) is 2.64. The molecule has 5 nitrogen and oxygen atoms in total. The van der Waals surface area contributed by atoms with Crippen LogP contribution in [0.1, 0.15) is 39.2 Å². The molecule has 6 heteroatoms. The predicted octanol–water partition coefficient (Wildman–Crippen LogP) is 3.63. The van der Waals surface area contributed by atoms with Crippen LogP contribution in [-0.2, 0) is 11.3 Å². The summed E-state index contributed by atoms with van der Waals surface area (Å²) in [5.41, 5.74) is 2.53. The molecule has 0 saturated carbocycles. The molecule has 1 fully saturated rings. The van der Waals surface area contributed by atoms with Gasteiger partial charge in [0.2, 0.25) is 0 Å². The van der Waals surface area contributed by atoms with Crippen molar-refractivity contribution < 1.29 is 4.74 Å². The van der Waals surface area contributed by atoms with E-state index in [1.807, 2.05) is 7.05 Å². The van der Waals surface area contributed by atoms with Gasteiger partial charge in [0, 0.05) is 38.4 Å². The highest BCUT2D eigenvalue weighted by molar-refractivity contribution is 14.0. The molecule has 1 atom stereocenters. The monoisotopic (exact) mass is 474 g/mol. The van der Waals surface area contributed by atoms with Crippen LogP contribution in [0.4, 0.5) is 5.69 Å². The summed E-state index contributed by atoms with van der Waals surface area (Å²) in [6.07, 6.45) is 2.39. The van der Waals surface area contributed by atoms with Crippen molar-refractivity contribution in [2.75, 3.05) is 38.3 Å². The molecule has 0 bridgehead atoms. The number of benzene rings is 1. The molecule has 0 aliphatic carbocycles. The molecule has 1 aromatic rings. The molecule has 0 radical (unpaired) electrons. The first-order valence-corrected chi connectivity index (χ1v) is 9.47. The van der Waals surface area contributed by atoms with Gasteiger partial charge in [-0.25, -0.2) is 0 Å². The van der Waals surface area contributed by atoms with Crippen LogP contribution in [0.25, 0.3) is 0 Å². The molecule has 26 heavy (non-hydrogen) atoms. The van der Waals surface area contributed by atoms with Crippen LogP contribution >= 0.6 is 24.0 Å². The van der Waals surface area contributed by atoms with Crippen molar-refractivity contribution in [2.24, 2.45) is 10.9 Å². The first kappa shape index (κ1) is 23.0. The van der Waals surface area contributed by atoms with E-state index in [0.29, 0.717) is 6.04 Å². The minimum absolute atomic E-state index is 0. The smallest absolute Gasteiger partial charge is 0.191 e. The Morgan fingerprint density at radius 2 is 1.77 bits per heavy atom. The number of nitrogens with zero attached hydrogens (tertiary/aromatic N) is 2. The van der Waals surface area contributed by atoms with Crippen LogP contribution in [0, 0.1) is 5.92 Å².